The summed E-state index contributed by atoms with van der Waals surface area (Å²) in [5.41, 5.74) is 3.36. The van der Waals surface area contributed by atoms with Crippen LogP contribution in [0.15, 0.2) is 30.0 Å². The Hall–Kier alpha value is -2.58. The van der Waals surface area contributed by atoms with Gasteiger partial charge in [-0.3, -0.25) is 0 Å². The summed E-state index contributed by atoms with van der Waals surface area (Å²) in [5, 5.41) is 0. The first kappa shape index (κ1) is 13.8. The van der Waals surface area contributed by atoms with Crippen LogP contribution in [0.3, 0.4) is 0 Å². The summed E-state index contributed by atoms with van der Waals surface area (Å²) in [6.45, 7) is 2.56. The number of fused-ring (bicyclic) bond motifs is 1. The van der Waals surface area contributed by atoms with Crippen molar-refractivity contribution in [2.45, 2.75) is 13.3 Å². The number of ether oxygens (including phenoxy) is 2. The maximum absolute atomic E-state index is 5.56. The Kier molecular flexibility index (Phi) is 4.53. The molecule has 0 saturated heterocycles. The van der Waals surface area contributed by atoms with Gasteiger partial charge in [-0.05, 0) is 41.8 Å². The van der Waals surface area contributed by atoms with Crippen molar-refractivity contribution in [3.63, 3.8) is 0 Å². The molecule has 1 aliphatic carbocycles. The van der Waals surface area contributed by atoms with Crippen molar-refractivity contribution in [3.8, 4) is 30.4 Å². The second-order valence-corrected chi connectivity index (χ2v) is 4.47. The van der Waals surface area contributed by atoms with Gasteiger partial charge >= 0.3 is 0 Å². The van der Waals surface area contributed by atoms with Gasteiger partial charge in [0.05, 0.1) is 0 Å². The Bertz CT molecular complexity index is 637. The van der Waals surface area contributed by atoms with Gasteiger partial charge in [0.2, 0.25) is 0 Å². The number of terminal acetylenes is 2. The molecule has 1 aromatic carbocycles. The lowest BCUT2D eigenvalue weighted by atomic mass is 10.0. The molecule has 100 valence electrons. The highest BCUT2D eigenvalue weighted by atomic mass is 16.5. The summed E-state index contributed by atoms with van der Waals surface area (Å²) in [6, 6.07) is 4.11. The zero-order chi connectivity index (χ0) is 14.4. The molecule has 0 N–H and O–H groups in total. The van der Waals surface area contributed by atoms with E-state index in [2.05, 4.69) is 24.0 Å². The van der Waals surface area contributed by atoms with Gasteiger partial charge in [0, 0.05) is 6.42 Å². The molecule has 20 heavy (non-hydrogen) atoms. The summed E-state index contributed by atoms with van der Waals surface area (Å²) in [7, 11) is 0. The van der Waals surface area contributed by atoms with Gasteiger partial charge in [-0.25, -0.2) is 0 Å². The van der Waals surface area contributed by atoms with Crippen molar-refractivity contribution in [3.05, 3.63) is 46.7 Å². The summed E-state index contributed by atoms with van der Waals surface area (Å²) in [4.78, 5) is 0. The standard InChI is InChI=1S/C18H16O2/c1-4-9-19-17-8-6-7-15-11-14(3)18(20-10-5-2)13-16(15)12-17/h1-2,6-8,11,13H,9-10,12H2,3H3. The lowest BCUT2D eigenvalue weighted by Gasteiger charge is -2.13. The Labute approximate surface area is 120 Å². The van der Waals surface area contributed by atoms with Crippen LogP contribution in [-0.2, 0) is 11.2 Å². The van der Waals surface area contributed by atoms with Gasteiger partial charge < -0.3 is 9.47 Å². The van der Waals surface area contributed by atoms with Crippen molar-refractivity contribution >= 4 is 6.08 Å². The monoisotopic (exact) mass is 264 g/mol. The van der Waals surface area contributed by atoms with Crippen LogP contribution in [0.25, 0.3) is 6.08 Å². The third kappa shape index (κ3) is 3.25. The molecule has 0 heterocycles. The highest BCUT2D eigenvalue weighted by Crippen LogP contribution is 2.28. The lowest BCUT2D eigenvalue weighted by molar-refractivity contribution is 0.247. The molecule has 0 atom stereocenters. The molecule has 2 rings (SSSR count). The van der Waals surface area contributed by atoms with Crippen LogP contribution in [0.4, 0.5) is 0 Å². The fourth-order valence-electron chi connectivity index (χ4n) is 2.07. The molecule has 1 aliphatic rings. The van der Waals surface area contributed by atoms with Gasteiger partial charge in [0.25, 0.3) is 0 Å². The maximum atomic E-state index is 5.56. The predicted octanol–water partition coefficient (Wildman–Crippen LogP) is 3.11. The number of aryl methyl sites for hydroxylation is 1. The molecule has 2 nitrogen and oxygen atoms in total. The van der Waals surface area contributed by atoms with Gasteiger partial charge in [0.1, 0.15) is 24.7 Å². The molecule has 0 saturated carbocycles. The molecule has 0 aromatic heterocycles. The van der Waals surface area contributed by atoms with E-state index < -0.39 is 0 Å². The number of rotatable bonds is 4. The molecular weight excluding hydrogens is 248 g/mol. The number of benzene rings is 1. The van der Waals surface area contributed by atoms with E-state index >= 15 is 0 Å². The minimum absolute atomic E-state index is 0.270. The quantitative estimate of drug-likeness (QED) is 0.778. The molecule has 0 spiro atoms. The van der Waals surface area contributed by atoms with Crippen LogP contribution in [0.5, 0.6) is 5.75 Å². The summed E-state index contributed by atoms with van der Waals surface area (Å²) < 4.78 is 11.1. The molecular formula is C18H16O2. The fourth-order valence-corrected chi connectivity index (χ4v) is 2.07. The maximum Gasteiger partial charge on any atom is 0.148 e. The first-order valence-electron chi connectivity index (χ1n) is 6.38. The van der Waals surface area contributed by atoms with Crippen molar-refractivity contribution < 1.29 is 9.47 Å². The SMILES string of the molecule is C#CCOC1=CC=Cc2cc(C)c(OCC#C)cc2C1. The average Bonchev–Trinajstić information content (AvgIpc) is 2.64. The van der Waals surface area contributed by atoms with E-state index in [1.54, 1.807) is 0 Å². The smallest absolute Gasteiger partial charge is 0.148 e. The zero-order valence-electron chi connectivity index (χ0n) is 11.5. The lowest BCUT2D eigenvalue weighted by Crippen LogP contribution is -2.01. The molecule has 1 aromatic rings. The van der Waals surface area contributed by atoms with Crippen molar-refractivity contribution in [1.29, 1.82) is 0 Å². The van der Waals surface area contributed by atoms with Crippen LogP contribution in [0.1, 0.15) is 16.7 Å². The number of hydrogen-bond donors (Lipinski definition) is 0. The minimum atomic E-state index is 0.270. The summed E-state index contributed by atoms with van der Waals surface area (Å²) in [5.74, 6) is 6.62. The first-order chi connectivity index (χ1) is 9.74. The van der Waals surface area contributed by atoms with Gasteiger partial charge in [0.15, 0.2) is 0 Å². The highest BCUT2D eigenvalue weighted by molar-refractivity contribution is 5.61. The van der Waals surface area contributed by atoms with Crippen molar-refractivity contribution in [2.75, 3.05) is 13.2 Å². The van der Waals surface area contributed by atoms with Crippen molar-refractivity contribution in [2.24, 2.45) is 0 Å². The summed E-state index contributed by atoms with van der Waals surface area (Å²) >= 11 is 0. The van der Waals surface area contributed by atoms with Crippen LogP contribution in [-0.4, -0.2) is 13.2 Å². The Morgan fingerprint density at radius 1 is 1.15 bits per heavy atom. The third-order valence-electron chi connectivity index (χ3n) is 3.01. The minimum Gasteiger partial charge on any atom is -0.485 e. The Morgan fingerprint density at radius 3 is 2.65 bits per heavy atom. The largest absolute Gasteiger partial charge is 0.485 e. The van der Waals surface area contributed by atoms with Gasteiger partial charge in [-0.15, -0.1) is 12.8 Å². The van der Waals surface area contributed by atoms with Crippen LogP contribution in [0, 0.1) is 31.6 Å². The molecule has 0 fully saturated rings. The average molecular weight is 264 g/mol. The van der Waals surface area contributed by atoms with Gasteiger partial charge in [-0.1, -0.05) is 24.0 Å². The van der Waals surface area contributed by atoms with E-state index in [0.717, 1.165) is 28.2 Å². The second-order valence-electron chi connectivity index (χ2n) is 4.47. The number of allylic oxidation sites excluding steroid dienone is 3. The van der Waals surface area contributed by atoms with E-state index in [1.807, 2.05) is 25.1 Å². The van der Waals surface area contributed by atoms with E-state index in [0.29, 0.717) is 6.42 Å². The molecule has 0 radical (unpaired) electrons. The molecule has 0 unspecified atom stereocenters. The van der Waals surface area contributed by atoms with E-state index in [9.17, 15) is 0 Å². The molecule has 0 bridgehead atoms. The van der Waals surface area contributed by atoms with Crippen LogP contribution in [0.2, 0.25) is 0 Å². The topological polar surface area (TPSA) is 18.5 Å². The highest BCUT2D eigenvalue weighted by Gasteiger charge is 2.11. The molecule has 2 heteroatoms. The normalized spacial score (nSPS) is 12.4. The van der Waals surface area contributed by atoms with Crippen LogP contribution < -0.4 is 4.74 Å². The summed E-state index contributed by atoms with van der Waals surface area (Å²) in [6.07, 6.45) is 17.1. The van der Waals surface area contributed by atoms with E-state index in [1.165, 1.54) is 0 Å². The fraction of sp³-hybridized carbons (Fsp3) is 0.222. The Balaban J connectivity index is 2.27. The van der Waals surface area contributed by atoms with Gasteiger partial charge in [-0.2, -0.15) is 0 Å². The predicted molar refractivity (Wildman–Crippen MR) is 81.1 cm³/mol. The second kappa shape index (κ2) is 6.55. The Morgan fingerprint density at radius 2 is 1.90 bits per heavy atom. The van der Waals surface area contributed by atoms with E-state index in [4.69, 9.17) is 22.3 Å². The number of hydrogen-bond acceptors (Lipinski definition) is 2. The molecule has 0 aliphatic heterocycles. The first-order valence-corrected chi connectivity index (χ1v) is 6.38. The van der Waals surface area contributed by atoms with E-state index in [-0.39, 0.29) is 13.2 Å². The zero-order valence-corrected chi connectivity index (χ0v) is 11.5. The molecule has 0 amide bonds. The third-order valence-corrected chi connectivity index (χ3v) is 3.01. The van der Waals surface area contributed by atoms with Crippen molar-refractivity contribution in [1.82, 2.24) is 0 Å². The van der Waals surface area contributed by atoms with Crippen LogP contribution >= 0.6 is 0 Å².